The fourth-order valence-electron chi connectivity index (χ4n) is 0.715. The van der Waals surface area contributed by atoms with E-state index in [0.717, 1.165) is 12.8 Å². The van der Waals surface area contributed by atoms with Gasteiger partial charge in [0.25, 0.3) is 0 Å². The molecular weight excluding hydrogens is 86.1 g/mol. The van der Waals surface area contributed by atoms with Crippen LogP contribution in [0, 0.1) is 23.7 Å². The van der Waals surface area contributed by atoms with Gasteiger partial charge in [-0.2, -0.15) is 5.26 Å². The van der Waals surface area contributed by atoms with E-state index in [2.05, 4.69) is 13.0 Å². The molecule has 0 aromatic rings. The van der Waals surface area contributed by atoms with Crippen LogP contribution in [0.3, 0.4) is 0 Å². The van der Waals surface area contributed by atoms with Crippen LogP contribution in [0.25, 0.3) is 0 Å². The molecule has 0 aromatic carbocycles. The Morgan fingerprint density at radius 3 is 2.14 bits per heavy atom. The largest absolute Gasteiger partial charge is 0.198 e. The zero-order chi connectivity index (χ0) is 5.33. The summed E-state index contributed by atoms with van der Waals surface area (Å²) < 4.78 is 0. The Bertz CT molecular complexity index is 106. The molecule has 0 amide bonds. The van der Waals surface area contributed by atoms with Gasteiger partial charge in [0.1, 0.15) is 0 Å². The highest BCUT2D eigenvalue weighted by molar-refractivity contribution is 5.06. The molecule has 0 N–H and O–H groups in total. The first-order chi connectivity index (χ1) is 3.27. The predicted molar refractivity (Wildman–Crippen MR) is 27.3 cm³/mol. The van der Waals surface area contributed by atoms with Crippen LogP contribution in [0.15, 0.2) is 0 Å². The average molecular weight is 94.1 g/mol. The van der Waals surface area contributed by atoms with Crippen LogP contribution >= 0.6 is 0 Å². The van der Waals surface area contributed by atoms with Gasteiger partial charge in [-0.05, 0) is 19.8 Å². The minimum Gasteiger partial charge on any atom is -0.198 e. The van der Waals surface area contributed by atoms with Crippen molar-refractivity contribution in [3.8, 4) is 6.07 Å². The predicted octanol–water partition coefficient (Wildman–Crippen LogP) is 1.51. The summed E-state index contributed by atoms with van der Waals surface area (Å²) in [7, 11) is 0. The Balaban J connectivity index is 2.48. The molecule has 1 aliphatic carbocycles. The zero-order valence-corrected chi connectivity index (χ0v) is 4.28. The van der Waals surface area contributed by atoms with E-state index in [9.17, 15) is 0 Å². The lowest BCUT2D eigenvalue weighted by molar-refractivity contribution is 0.284. The molecule has 0 heterocycles. The quantitative estimate of drug-likeness (QED) is 0.446. The Morgan fingerprint density at radius 1 is 1.57 bits per heavy atom. The molecule has 0 aromatic heterocycles. The molecule has 1 radical (unpaired) electrons. The molecule has 0 saturated heterocycles. The van der Waals surface area contributed by atoms with Gasteiger partial charge in [-0.3, -0.25) is 0 Å². The van der Waals surface area contributed by atoms with Gasteiger partial charge in [0.2, 0.25) is 0 Å². The van der Waals surface area contributed by atoms with Gasteiger partial charge >= 0.3 is 0 Å². The molecule has 0 atom stereocenters. The lowest BCUT2D eigenvalue weighted by atomic mass is 9.72. The van der Waals surface area contributed by atoms with Crippen molar-refractivity contribution in [1.29, 1.82) is 5.26 Å². The Hall–Kier alpha value is -0.510. The van der Waals surface area contributed by atoms with Gasteiger partial charge in [-0.1, -0.05) is 6.42 Å². The van der Waals surface area contributed by atoms with Gasteiger partial charge in [0.15, 0.2) is 0 Å². The fraction of sp³-hybridized carbons (Fsp3) is 0.667. The van der Waals surface area contributed by atoms with E-state index in [1.165, 1.54) is 6.42 Å². The number of rotatable bonds is 0. The topological polar surface area (TPSA) is 23.8 Å². The monoisotopic (exact) mass is 94.1 g/mol. The molecule has 1 heteroatoms. The lowest BCUT2D eigenvalue weighted by Gasteiger charge is -2.29. The summed E-state index contributed by atoms with van der Waals surface area (Å²) in [5.41, 5.74) is -0.181. The van der Waals surface area contributed by atoms with E-state index in [1.54, 1.807) is 0 Å². The van der Waals surface area contributed by atoms with Gasteiger partial charge in [0, 0.05) is 0 Å². The highest BCUT2D eigenvalue weighted by atomic mass is 14.4. The normalized spacial score (nSPS) is 25.1. The average Bonchev–Trinajstić information content (AvgIpc) is 1.61. The van der Waals surface area contributed by atoms with Crippen molar-refractivity contribution in [2.45, 2.75) is 19.3 Å². The van der Waals surface area contributed by atoms with Crippen LogP contribution in [0.5, 0.6) is 0 Å². The molecule has 37 valence electrons. The molecule has 0 spiro atoms. The molecular formula is C6H8N. The first-order valence-corrected chi connectivity index (χ1v) is 2.53. The van der Waals surface area contributed by atoms with E-state index in [4.69, 9.17) is 5.26 Å². The summed E-state index contributed by atoms with van der Waals surface area (Å²) in [5.74, 6) is 0. The maximum atomic E-state index is 8.33. The van der Waals surface area contributed by atoms with Crippen molar-refractivity contribution in [1.82, 2.24) is 0 Å². The second kappa shape index (κ2) is 1.23. The van der Waals surface area contributed by atoms with E-state index >= 15 is 0 Å². The Kier molecular flexibility index (Phi) is 0.815. The Morgan fingerprint density at radius 2 is 2.14 bits per heavy atom. The fourth-order valence-corrected chi connectivity index (χ4v) is 0.715. The van der Waals surface area contributed by atoms with Gasteiger partial charge in [-0.25, -0.2) is 0 Å². The SMILES string of the molecule is [CH2]C1(C#N)CCC1. The van der Waals surface area contributed by atoms with E-state index in [0.29, 0.717) is 0 Å². The zero-order valence-electron chi connectivity index (χ0n) is 4.28. The standard InChI is InChI=1S/C6H8N/c1-6(5-7)3-2-4-6/h1-4H2. The first-order valence-electron chi connectivity index (χ1n) is 2.53. The maximum absolute atomic E-state index is 8.33. The van der Waals surface area contributed by atoms with Crippen molar-refractivity contribution in [2.24, 2.45) is 5.41 Å². The minimum atomic E-state index is -0.181. The third-order valence-electron chi connectivity index (χ3n) is 1.55. The third kappa shape index (κ3) is 0.608. The van der Waals surface area contributed by atoms with Gasteiger partial charge in [0.05, 0.1) is 11.5 Å². The van der Waals surface area contributed by atoms with Gasteiger partial charge in [-0.15, -0.1) is 0 Å². The number of nitrogens with zero attached hydrogens (tertiary/aromatic N) is 1. The summed E-state index contributed by atoms with van der Waals surface area (Å²) in [5, 5.41) is 8.33. The number of nitriles is 1. The van der Waals surface area contributed by atoms with Crippen molar-refractivity contribution < 1.29 is 0 Å². The molecule has 0 unspecified atom stereocenters. The van der Waals surface area contributed by atoms with Crippen molar-refractivity contribution in [2.75, 3.05) is 0 Å². The number of hydrogen-bond acceptors (Lipinski definition) is 1. The van der Waals surface area contributed by atoms with E-state index < -0.39 is 0 Å². The summed E-state index contributed by atoms with van der Waals surface area (Å²) in [6.07, 6.45) is 3.20. The van der Waals surface area contributed by atoms with Crippen LogP contribution in [0.4, 0.5) is 0 Å². The summed E-state index contributed by atoms with van der Waals surface area (Å²) in [4.78, 5) is 0. The summed E-state index contributed by atoms with van der Waals surface area (Å²) in [6.45, 7) is 3.73. The Labute approximate surface area is 44.0 Å². The highest BCUT2D eigenvalue weighted by Gasteiger charge is 2.31. The second-order valence-electron chi connectivity index (χ2n) is 2.25. The highest BCUT2D eigenvalue weighted by Crippen LogP contribution is 2.38. The summed E-state index contributed by atoms with van der Waals surface area (Å²) >= 11 is 0. The van der Waals surface area contributed by atoms with Crippen LogP contribution in [-0.2, 0) is 0 Å². The van der Waals surface area contributed by atoms with Crippen LogP contribution in [0.1, 0.15) is 19.3 Å². The molecule has 1 rings (SSSR count). The number of hydrogen-bond donors (Lipinski definition) is 0. The molecule has 1 saturated carbocycles. The molecule has 1 fully saturated rings. The molecule has 1 aliphatic rings. The van der Waals surface area contributed by atoms with Crippen molar-refractivity contribution in [3.63, 3.8) is 0 Å². The molecule has 0 aliphatic heterocycles. The van der Waals surface area contributed by atoms with Gasteiger partial charge < -0.3 is 0 Å². The molecule has 0 bridgehead atoms. The van der Waals surface area contributed by atoms with E-state index in [-0.39, 0.29) is 5.41 Å². The molecule has 7 heavy (non-hydrogen) atoms. The van der Waals surface area contributed by atoms with Crippen molar-refractivity contribution >= 4 is 0 Å². The van der Waals surface area contributed by atoms with Crippen LogP contribution in [0.2, 0.25) is 0 Å². The minimum absolute atomic E-state index is 0.181. The van der Waals surface area contributed by atoms with Crippen LogP contribution < -0.4 is 0 Å². The first kappa shape index (κ1) is 4.64. The molecule has 1 nitrogen and oxygen atoms in total. The second-order valence-corrected chi connectivity index (χ2v) is 2.25. The smallest absolute Gasteiger partial charge is 0.0689 e. The van der Waals surface area contributed by atoms with E-state index in [1.807, 2.05) is 0 Å². The lowest BCUT2D eigenvalue weighted by Crippen LogP contribution is -2.22. The maximum Gasteiger partial charge on any atom is 0.0689 e. The van der Waals surface area contributed by atoms with Crippen molar-refractivity contribution in [3.05, 3.63) is 6.92 Å². The third-order valence-corrected chi connectivity index (χ3v) is 1.55. The summed E-state index contributed by atoms with van der Waals surface area (Å²) in [6, 6.07) is 2.17. The van der Waals surface area contributed by atoms with Crippen LogP contribution in [-0.4, -0.2) is 0 Å².